The fourth-order valence-corrected chi connectivity index (χ4v) is 2.55. The van der Waals surface area contributed by atoms with Crippen molar-refractivity contribution in [2.24, 2.45) is 0 Å². The van der Waals surface area contributed by atoms with E-state index in [0.717, 1.165) is 23.6 Å². The molecule has 0 aliphatic carbocycles. The number of imidazole rings is 1. The van der Waals surface area contributed by atoms with Crippen LogP contribution in [0.2, 0.25) is 0 Å². The van der Waals surface area contributed by atoms with Crippen molar-refractivity contribution in [1.29, 1.82) is 0 Å². The lowest BCUT2D eigenvalue weighted by atomic mass is 10.1. The minimum atomic E-state index is 0.642. The Labute approximate surface area is 125 Å². The average Bonchev–Trinajstić information content (AvgIpc) is 2.76. The first-order valence-electron chi connectivity index (χ1n) is 7.27. The molecule has 0 N–H and O–H groups in total. The van der Waals surface area contributed by atoms with Gasteiger partial charge in [-0.3, -0.25) is 0 Å². The van der Waals surface area contributed by atoms with Gasteiger partial charge in [0.2, 0.25) is 0 Å². The molecular formula is C18H20N2O. The largest absolute Gasteiger partial charge is 0.492 e. The highest BCUT2D eigenvalue weighted by molar-refractivity contribution is 5.78. The summed E-state index contributed by atoms with van der Waals surface area (Å²) in [6.07, 6.45) is 0. The van der Waals surface area contributed by atoms with Crippen LogP contribution in [0.1, 0.15) is 17.0 Å². The van der Waals surface area contributed by atoms with Gasteiger partial charge in [0.15, 0.2) is 0 Å². The Hall–Kier alpha value is -2.29. The van der Waals surface area contributed by atoms with Crippen molar-refractivity contribution in [2.75, 3.05) is 6.61 Å². The third-order valence-electron chi connectivity index (χ3n) is 3.88. The van der Waals surface area contributed by atoms with Crippen molar-refractivity contribution in [2.45, 2.75) is 27.3 Å². The van der Waals surface area contributed by atoms with Crippen molar-refractivity contribution in [3.05, 3.63) is 59.4 Å². The van der Waals surface area contributed by atoms with Gasteiger partial charge in [0.05, 0.1) is 17.6 Å². The molecule has 108 valence electrons. The Kier molecular flexibility index (Phi) is 3.65. The van der Waals surface area contributed by atoms with Crippen LogP contribution in [0.5, 0.6) is 5.75 Å². The summed E-state index contributed by atoms with van der Waals surface area (Å²) in [7, 11) is 0. The van der Waals surface area contributed by atoms with Crippen molar-refractivity contribution < 1.29 is 4.74 Å². The monoisotopic (exact) mass is 280 g/mol. The Balaban J connectivity index is 1.80. The van der Waals surface area contributed by atoms with Crippen LogP contribution in [0.25, 0.3) is 11.0 Å². The first-order valence-corrected chi connectivity index (χ1v) is 7.27. The maximum atomic E-state index is 5.79. The lowest BCUT2D eigenvalue weighted by molar-refractivity contribution is 0.299. The lowest BCUT2D eigenvalue weighted by Gasteiger charge is -2.09. The van der Waals surface area contributed by atoms with Crippen molar-refractivity contribution >= 4 is 11.0 Å². The summed E-state index contributed by atoms with van der Waals surface area (Å²) in [4.78, 5) is 4.65. The normalized spacial score (nSPS) is 11.0. The maximum Gasteiger partial charge on any atom is 0.119 e. The number of nitrogens with zero attached hydrogens (tertiary/aromatic N) is 2. The van der Waals surface area contributed by atoms with E-state index in [1.165, 1.54) is 16.6 Å². The van der Waals surface area contributed by atoms with E-state index in [4.69, 9.17) is 4.74 Å². The van der Waals surface area contributed by atoms with E-state index in [0.29, 0.717) is 6.61 Å². The summed E-state index contributed by atoms with van der Waals surface area (Å²) in [5, 5.41) is 0. The number of rotatable bonds is 4. The van der Waals surface area contributed by atoms with Crippen molar-refractivity contribution in [3.63, 3.8) is 0 Å². The molecule has 0 radical (unpaired) electrons. The molecule has 0 saturated heterocycles. The van der Waals surface area contributed by atoms with E-state index < -0.39 is 0 Å². The number of hydrogen-bond acceptors (Lipinski definition) is 2. The first kappa shape index (κ1) is 13.7. The molecule has 0 spiro atoms. The van der Waals surface area contributed by atoms with E-state index in [9.17, 15) is 0 Å². The average molecular weight is 280 g/mol. The molecule has 3 heteroatoms. The van der Waals surface area contributed by atoms with Crippen LogP contribution < -0.4 is 4.74 Å². The van der Waals surface area contributed by atoms with Crippen molar-refractivity contribution in [3.8, 4) is 5.75 Å². The van der Waals surface area contributed by atoms with Gasteiger partial charge in [0.1, 0.15) is 18.2 Å². The molecule has 3 aromatic rings. The van der Waals surface area contributed by atoms with Gasteiger partial charge in [0, 0.05) is 0 Å². The van der Waals surface area contributed by atoms with Crippen LogP contribution >= 0.6 is 0 Å². The van der Waals surface area contributed by atoms with E-state index in [1.54, 1.807) is 0 Å². The quantitative estimate of drug-likeness (QED) is 0.721. The van der Waals surface area contributed by atoms with Gasteiger partial charge in [0.25, 0.3) is 0 Å². The second-order valence-electron chi connectivity index (χ2n) is 5.40. The second kappa shape index (κ2) is 5.60. The van der Waals surface area contributed by atoms with Gasteiger partial charge in [-0.2, -0.15) is 0 Å². The summed E-state index contributed by atoms with van der Waals surface area (Å²) in [5.74, 6) is 1.94. The van der Waals surface area contributed by atoms with Gasteiger partial charge in [-0.25, -0.2) is 4.98 Å². The Morgan fingerprint density at radius 2 is 1.71 bits per heavy atom. The number of aromatic nitrogens is 2. The third kappa shape index (κ3) is 2.77. The number of benzene rings is 2. The molecule has 21 heavy (non-hydrogen) atoms. The van der Waals surface area contributed by atoms with Crippen LogP contribution in [-0.4, -0.2) is 16.2 Å². The molecule has 0 atom stereocenters. The van der Waals surface area contributed by atoms with E-state index in [2.05, 4.69) is 35.5 Å². The third-order valence-corrected chi connectivity index (χ3v) is 3.88. The van der Waals surface area contributed by atoms with Gasteiger partial charge in [-0.05, 0) is 56.2 Å². The van der Waals surface area contributed by atoms with Crippen LogP contribution in [0.4, 0.5) is 0 Å². The van der Waals surface area contributed by atoms with Gasteiger partial charge >= 0.3 is 0 Å². The van der Waals surface area contributed by atoms with Crippen LogP contribution in [-0.2, 0) is 6.54 Å². The zero-order valence-corrected chi connectivity index (χ0v) is 12.8. The number of ether oxygens (including phenoxy) is 1. The SMILES string of the molecule is Cc1cc2nc(C)n(CCOc3ccccc3)c2cc1C. The fraction of sp³-hybridized carbons (Fsp3) is 0.278. The van der Waals surface area contributed by atoms with E-state index in [-0.39, 0.29) is 0 Å². The zero-order chi connectivity index (χ0) is 14.8. The molecule has 1 heterocycles. The standard InChI is InChI=1S/C18H20N2O/c1-13-11-17-18(12-14(13)2)20(15(3)19-17)9-10-21-16-7-5-4-6-8-16/h4-8,11-12H,9-10H2,1-3H3. The minimum Gasteiger partial charge on any atom is -0.492 e. The van der Waals surface area contributed by atoms with Gasteiger partial charge < -0.3 is 9.30 Å². The van der Waals surface area contributed by atoms with Gasteiger partial charge in [-0.15, -0.1) is 0 Å². The molecule has 0 amide bonds. The Morgan fingerprint density at radius 1 is 1.00 bits per heavy atom. The Bertz CT molecular complexity index is 760. The summed E-state index contributed by atoms with van der Waals surface area (Å²) in [6.45, 7) is 7.76. The second-order valence-corrected chi connectivity index (χ2v) is 5.40. The van der Waals surface area contributed by atoms with Gasteiger partial charge in [-0.1, -0.05) is 18.2 Å². The maximum absolute atomic E-state index is 5.79. The van der Waals surface area contributed by atoms with Crippen LogP contribution in [0, 0.1) is 20.8 Å². The predicted octanol–water partition coefficient (Wildman–Crippen LogP) is 4.04. The summed E-state index contributed by atoms with van der Waals surface area (Å²) in [5.41, 5.74) is 4.84. The number of fused-ring (bicyclic) bond motifs is 1. The highest BCUT2D eigenvalue weighted by Gasteiger charge is 2.09. The molecule has 3 rings (SSSR count). The smallest absolute Gasteiger partial charge is 0.119 e. The molecule has 0 fully saturated rings. The highest BCUT2D eigenvalue weighted by Crippen LogP contribution is 2.20. The summed E-state index contributed by atoms with van der Waals surface area (Å²) >= 11 is 0. The molecule has 0 aliphatic rings. The van der Waals surface area contributed by atoms with Crippen LogP contribution in [0.15, 0.2) is 42.5 Å². The molecule has 0 bridgehead atoms. The highest BCUT2D eigenvalue weighted by atomic mass is 16.5. The molecule has 2 aromatic carbocycles. The lowest BCUT2D eigenvalue weighted by Crippen LogP contribution is -2.09. The van der Waals surface area contributed by atoms with E-state index >= 15 is 0 Å². The van der Waals surface area contributed by atoms with E-state index in [1.807, 2.05) is 37.3 Å². The topological polar surface area (TPSA) is 27.1 Å². The predicted molar refractivity (Wildman–Crippen MR) is 85.9 cm³/mol. The molecule has 0 unspecified atom stereocenters. The fourth-order valence-electron chi connectivity index (χ4n) is 2.55. The number of aryl methyl sites for hydroxylation is 3. The summed E-state index contributed by atoms with van der Waals surface area (Å²) < 4.78 is 8.02. The Morgan fingerprint density at radius 3 is 2.48 bits per heavy atom. The molecular weight excluding hydrogens is 260 g/mol. The zero-order valence-electron chi connectivity index (χ0n) is 12.8. The van der Waals surface area contributed by atoms with Crippen LogP contribution in [0.3, 0.4) is 0 Å². The molecule has 0 aliphatic heterocycles. The number of para-hydroxylation sites is 1. The molecule has 1 aromatic heterocycles. The molecule has 0 saturated carbocycles. The minimum absolute atomic E-state index is 0.642. The number of hydrogen-bond donors (Lipinski definition) is 0. The first-order chi connectivity index (χ1) is 10.1. The summed E-state index contributed by atoms with van der Waals surface area (Å²) in [6, 6.07) is 14.3. The molecule has 3 nitrogen and oxygen atoms in total. The van der Waals surface area contributed by atoms with Crippen molar-refractivity contribution in [1.82, 2.24) is 9.55 Å².